The van der Waals surface area contributed by atoms with E-state index in [1.54, 1.807) is 0 Å². The molecule has 0 unspecified atom stereocenters. The topological polar surface area (TPSA) is 61.7 Å². The molecule has 312 valence electrons. The van der Waals surface area contributed by atoms with Gasteiger partial charge < -0.3 is 13.6 Å². The molecule has 0 N–H and O–H groups in total. The molecule has 0 bridgehead atoms. The van der Waals surface area contributed by atoms with E-state index in [0.29, 0.717) is 17.5 Å². The number of hydrogen-bond donors (Lipinski definition) is 0. The van der Waals surface area contributed by atoms with Crippen molar-refractivity contribution in [2.24, 2.45) is 0 Å². The van der Waals surface area contributed by atoms with Gasteiger partial charge in [-0.15, -0.1) is 0 Å². The van der Waals surface area contributed by atoms with E-state index in [4.69, 9.17) is 19.4 Å². The van der Waals surface area contributed by atoms with Gasteiger partial charge in [-0.2, -0.15) is 0 Å². The van der Waals surface area contributed by atoms with Gasteiger partial charge in [0.15, 0.2) is 17.5 Å². The standard InChI is InChI=1S/C61H37N5O/c1-3-15-38(16-4-1)39-27-29-40(30-28-39)59-62-60(43-31-32-47-45-21-9-12-24-52(45)65(54(47)35-43)44-19-5-2-6-20-44)64-61(63-59)51-36-50-48-23-11-14-26-57(48)67-58(50)37-56(51)66-53-25-13-10-22-46(53)49-33-41-17-7-8-18-42(41)34-55(49)66/h1-37H. The molecule has 0 aliphatic rings. The van der Waals surface area contributed by atoms with Gasteiger partial charge in [0.05, 0.1) is 27.8 Å². The zero-order valence-corrected chi connectivity index (χ0v) is 36.0. The molecule has 0 fully saturated rings. The largest absolute Gasteiger partial charge is 0.456 e. The van der Waals surface area contributed by atoms with Crippen molar-refractivity contribution in [3.63, 3.8) is 0 Å². The highest BCUT2D eigenvalue weighted by Gasteiger charge is 2.23. The lowest BCUT2D eigenvalue weighted by Crippen LogP contribution is -2.04. The summed E-state index contributed by atoms with van der Waals surface area (Å²) in [4.78, 5) is 16.3. The molecule has 14 aromatic rings. The third-order valence-electron chi connectivity index (χ3n) is 13.3. The quantitative estimate of drug-likeness (QED) is 0.167. The summed E-state index contributed by atoms with van der Waals surface area (Å²) in [6.07, 6.45) is 0. The van der Waals surface area contributed by atoms with Crippen LogP contribution in [0.5, 0.6) is 0 Å². The Labute approximate surface area is 384 Å². The highest BCUT2D eigenvalue weighted by Crippen LogP contribution is 2.42. The summed E-state index contributed by atoms with van der Waals surface area (Å²) < 4.78 is 11.4. The van der Waals surface area contributed by atoms with Crippen LogP contribution in [-0.2, 0) is 0 Å². The Kier molecular flexibility index (Phi) is 8.18. The number of benzene rings is 10. The fraction of sp³-hybridized carbons (Fsp3) is 0. The van der Waals surface area contributed by atoms with Gasteiger partial charge in [0.25, 0.3) is 0 Å². The normalized spacial score (nSPS) is 11.9. The summed E-state index contributed by atoms with van der Waals surface area (Å²) in [6, 6.07) is 79.2. The van der Waals surface area contributed by atoms with Crippen LogP contribution in [0.2, 0.25) is 0 Å². The van der Waals surface area contributed by atoms with Crippen LogP contribution < -0.4 is 0 Å². The summed E-state index contributed by atoms with van der Waals surface area (Å²) in [5.74, 6) is 1.72. The molecule has 4 aromatic heterocycles. The van der Waals surface area contributed by atoms with Gasteiger partial charge in [-0.1, -0.05) is 164 Å². The van der Waals surface area contributed by atoms with E-state index >= 15 is 0 Å². The van der Waals surface area contributed by atoms with Crippen molar-refractivity contribution in [3.8, 4) is 56.7 Å². The first-order valence-corrected chi connectivity index (χ1v) is 22.6. The van der Waals surface area contributed by atoms with Crippen LogP contribution in [0.25, 0.3) is 133 Å². The fourth-order valence-corrected chi connectivity index (χ4v) is 10.2. The highest BCUT2D eigenvalue weighted by atomic mass is 16.3. The van der Waals surface area contributed by atoms with E-state index in [9.17, 15) is 0 Å². The number of rotatable bonds is 6. The Balaban J connectivity index is 1.06. The third kappa shape index (κ3) is 5.93. The molecule has 0 aliphatic heterocycles. The Bertz CT molecular complexity index is 4260. The van der Waals surface area contributed by atoms with Gasteiger partial charge in [-0.25, -0.2) is 15.0 Å². The van der Waals surface area contributed by atoms with Crippen LogP contribution in [0.1, 0.15) is 0 Å². The van der Waals surface area contributed by atoms with E-state index in [1.165, 1.54) is 16.2 Å². The zero-order valence-electron chi connectivity index (χ0n) is 36.0. The van der Waals surface area contributed by atoms with Crippen molar-refractivity contribution in [1.29, 1.82) is 0 Å². The first-order chi connectivity index (χ1) is 33.2. The molecular formula is C61H37N5O. The van der Waals surface area contributed by atoms with Gasteiger partial charge in [-0.3, -0.25) is 0 Å². The molecular weight excluding hydrogens is 819 g/mol. The smallest absolute Gasteiger partial charge is 0.166 e. The average Bonchev–Trinajstić information content (AvgIpc) is 4.04. The summed E-state index contributed by atoms with van der Waals surface area (Å²) in [6.45, 7) is 0. The van der Waals surface area contributed by atoms with E-state index in [1.807, 2.05) is 18.2 Å². The van der Waals surface area contributed by atoms with Gasteiger partial charge >= 0.3 is 0 Å². The lowest BCUT2D eigenvalue weighted by molar-refractivity contribution is 0.668. The first-order valence-electron chi connectivity index (χ1n) is 22.6. The van der Waals surface area contributed by atoms with E-state index < -0.39 is 0 Å². The third-order valence-corrected chi connectivity index (χ3v) is 13.3. The molecule has 10 aromatic carbocycles. The molecule has 0 atom stereocenters. The molecule has 6 heteroatoms. The molecule has 4 heterocycles. The summed E-state index contributed by atoms with van der Waals surface area (Å²) >= 11 is 0. The summed E-state index contributed by atoms with van der Waals surface area (Å²) in [5.41, 5.74) is 12.9. The molecule has 14 rings (SSSR count). The number of nitrogens with zero attached hydrogens (tertiary/aromatic N) is 5. The predicted molar refractivity (Wildman–Crippen MR) is 275 cm³/mol. The minimum Gasteiger partial charge on any atom is -0.456 e. The summed E-state index contributed by atoms with van der Waals surface area (Å²) in [7, 11) is 0. The number of fused-ring (bicyclic) bond motifs is 10. The second kappa shape index (κ2) is 14.7. The van der Waals surface area contributed by atoms with Crippen molar-refractivity contribution in [3.05, 3.63) is 224 Å². The number of furan rings is 1. The maximum absolute atomic E-state index is 6.65. The number of para-hydroxylation sites is 4. The number of hydrogen-bond acceptors (Lipinski definition) is 4. The van der Waals surface area contributed by atoms with Gasteiger partial charge in [0, 0.05) is 60.8 Å². The van der Waals surface area contributed by atoms with Crippen molar-refractivity contribution in [2.75, 3.05) is 0 Å². The lowest BCUT2D eigenvalue weighted by Gasteiger charge is -2.15. The Morgan fingerprint density at radius 3 is 1.61 bits per heavy atom. The number of aromatic nitrogens is 5. The second-order valence-corrected chi connectivity index (χ2v) is 17.2. The molecule has 0 radical (unpaired) electrons. The van der Waals surface area contributed by atoms with E-state index in [0.717, 1.165) is 99.4 Å². The van der Waals surface area contributed by atoms with Crippen molar-refractivity contribution >= 4 is 76.3 Å². The lowest BCUT2D eigenvalue weighted by atomic mass is 10.0. The Morgan fingerprint density at radius 2 is 0.836 bits per heavy atom. The van der Waals surface area contributed by atoms with Gasteiger partial charge in [0.2, 0.25) is 0 Å². The van der Waals surface area contributed by atoms with Crippen LogP contribution in [0.4, 0.5) is 0 Å². The minimum atomic E-state index is 0.560. The Hall–Kier alpha value is -9.13. The van der Waals surface area contributed by atoms with Crippen LogP contribution in [0.15, 0.2) is 229 Å². The maximum Gasteiger partial charge on any atom is 0.166 e. The molecule has 0 amide bonds. The second-order valence-electron chi connectivity index (χ2n) is 17.2. The SMILES string of the molecule is c1ccc(-c2ccc(-c3nc(-c4ccc5c6ccccc6n(-c6ccccc6)c5c4)nc(-c4cc5c(cc4-n4c6ccccc6c6cc7ccccc7cc64)oc4ccccc45)n3)cc2)cc1. The Morgan fingerprint density at radius 1 is 0.299 bits per heavy atom. The van der Waals surface area contributed by atoms with Crippen molar-refractivity contribution in [2.45, 2.75) is 0 Å². The maximum atomic E-state index is 6.65. The molecule has 0 saturated heterocycles. The van der Waals surface area contributed by atoms with E-state index in [-0.39, 0.29) is 0 Å². The molecule has 0 aliphatic carbocycles. The fourth-order valence-electron chi connectivity index (χ4n) is 10.2. The monoisotopic (exact) mass is 855 g/mol. The highest BCUT2D eigenvalue weighted by molar-refractivity contribution is 6.15. The van der Waals surface area contributed by atoms with E-state index in [2.05, 4.69) is 215 Å². The first kappa shape index (κ1) is 37.3. The predicted octanol–water partition coefficient (Wildman–Crippen LogP) is 15.8. The average molecular weight is 856 g/mol. The van der Waals surface area contributed by atoms with Gasteiger partial charge in [-0.05, 0) is 76.5 Å². The van der Waals surface area contributed by atoms with Crippen LogP contribution >= 0.6 is 0 Å². The van der Waals surface area contributed by atoms with Crippen LogP contribution in [-0.4, -0.2) is 24.1 Å². The van der Waals surface area contributed by atoms with Gasteiger partial charge in [0.1, 0.15) is 11.2 Å². The minimum absolute atomic E-state index is 0.560. The van der Waals surface area contributed by atoms with Crippen molar-refractivity contribution < 1.29 is 4.42 Å². The van der Waals surface area contributed by atoms with Crippen LogP contribution in [0, 0.1) is 0 Å². The molecule has 67 heavy (non-hydrogen) atoms. The molecule has 6 nitrogen and oxygen atoms in total. The van der Waals surface area contributed by atoms with Crippen LogP contribution in [0.3, 0.4) is 0 Å². The molecule has 0 saturated carbocycles. The van der Waals surface area contributed by atoms with Crippen molar-refractivity contribution in [1.82, 2.24) is 24.1 Å². The molecule has 0 spiro atoms. The zero-order chi connectivity index (χ0) is 44.0. The summed E-state index contributed by atoms with van der Waals surface area (Å²) in [5, 5.41) is 9.06.